The Balaban J connectivity index is 1.84. The summed E-state index contributed by atoms with van der Waals surface area (Å²) < 4.78 is 29.8. The number of aromatic nitrogens is 2. The zero-order chi connectivity index (χ0) is 32.0. The topological polar surface area (TPSA) is 140 Å². The molecule has 2 heterocycles. The van der Waals surface area contributed by atoms with Gasteiger partial charge in [0.2, 0.25) is 5.91 Å². The van der Waals surface area contributed by atoms with Crippen molar-refractivity contribution in [3.63, 3.8) is 0 Å². The number of piperazine rings is 1. The second-order valence-electron chi connectivity index (χ2n) is 10.5. The van der Waals surface area contributed by atoms with Crippen molar-refractivity contribution >= 4 is 25.5 Å². The first-order valence-electron chi connectivity index (χ1n) is 15.6. The first-order chi connectivity index (χ1) is 21.2. The molecule has 1 aromatic heterocycles. The van der Waals surface area contributed by atoms with Crippen LogP contribution in [0.1, 0.15) is 69.6 Å². The van der Waals surface area contributed by atoms with Crippen molar-refractivity contribution in [3.05, 3.63) is 47.8 Å². The molecule has 3 rings (SSSR count). The summed E-state index contributed by atoms with van der Waals surface area (Å²) in [5.41, 5.74) is 1.57. The zero-order valence-corrected chi connectivity index (χ0v) is 27.2. The average Bonchev–Trinajstić information content (AvgIpc) is 3.03. The van der Waals surface area contributed by atoms with Gasteiger partial charge in [0, 0.05) is 37.4 Å². The van der Waals surface area contributed by atoms with Crippen LogP contribution in [0, 0.1) is 0 Å². The Labute approximate surface area is 260 Å². The summed E-state index contributed by atoms with van der Waals surface area (Å²) in [6.07, 6.45) is 3.44. The third kappa shape index (κ3) is 10.4. The molecule has 0 radical (unpaired) electrons. The lowest BCUT2D eigenvalue weighted by molar-refractivity contribution is -0.134. The van der Waals surface area contributed by atoms with Crippen molar-refractivity contribution in [3.8, 4) is 11.4 Å². The van der Waals surface area contributed by atoms with Crippen molar-refractivity contribution in [2.24, 2.45) is 0 Å². The summed E-state index contributed by atoms with van der Waals surface area (Å²) in [5, 5.41) is 2.78. The van der Waals surface area contributed by atoms with Gasteiger partial charge in [0.1, 0.15) is 11.7 Å². The van der Waals surface area contributed by atoms with E-state index < -0.39 is 31.5 Å². The van der Waals surface area contributed by atoms with Crippen LogP contribution in [0.2, 0.25) is 0 Å². The maximum atomic E-state index is 13.8. The highest BCUT2D eigenvalue weighted by molar-refractivity contribution is 7.54. The lowest BCUT2D eigenvalue weighted by atomic mass is 10.1. The highest BCUT2D eigenvalue weighted by Gasteiger charge is 2.37. The van der Waals surface area contributed by atoms with Crippen molar-refractivity contribution in [1.29, 1.82) is 0 Å². The molecular weight excluding hydrogens is 585 g/mol. The molecule has 1 saturated heterocycles. The highest BCUT2D eigenvalue weighted by Crippen LogP contribution is 2.48. The minimum absolute atomic E-state index is 0.102. The predicted octanol–water partition coefficient (Wildman–Crippen LogP) is 4.93. The molecule has 0 bridgehead atoms. The molecule has 2 aromatic rings. The molecule has 1 N–H and O–H groups in total. The number of amides is 3. The molecule has 242 valence electrons. The lowest BCUT2D eigenvalue weighted by Crippen LogP contribution is -2.57. The number of carbonyl (C=O) groups excluding carboxylic acids is 3. The molecule has 0 aliphatic carbocycles. The van der Waals surface area contributed by atoms with E-state index >= 15 is 0 Å². The Kier molecular flexibility index (Phi) is 14.2. The Hall–Kier alpha value is -3.34. The molecule has 1 aliphatic heterocycles. The Morgan fingerprint density at radius 1 is 0.909 bits per heavy atom. The standard InChI is InChI=1S/C31H46N5O7P/c1-5-9-16-25-22-26(33-28(32-25)24-14-12-11-13-15-24)29(37)34-27(23-44(40,42-7-3)43-8-4)30(38)35-17-19-36(20-18-35)31(39)41-21-10-6-2/h11-15,22,27H,5-10,16-21,23H2,1-4H3,(H,34,37). The normalized spacial score (nSPS) is 14.3. The van der Waals surface area contributed by atoms with Crippen LogP contribution in [-0.4, -0.2) is 95.9 Å². The van der Waals surface area contributed by atoms with Crippen LogP contribution in [0.3, 0.4) is 0 Å². The Bertz CT molecular complexity index is 1260. The molecule has 1 aromatic carbocycles. The van der Waals surface area contributed by atoms with E-state index in [0.717, 1.165) is 31.2 Å². The van der Waals surface area contributed by atoms with Crippen molar-refractivity contribution in [2.45, 2.75) is 65.8 Å². The minimum atomic E-state index is -3.73. The maximum absolute atomic E-state index is 13.8. The van der Waals surface area contributed by atoms with Gasteiger partial charge >= 0.3 is 13.7 Å². The minimum Gasteiger partial charge on any atom is -0.449 e. The second kappa shape index (κ2) is 17.8. The monoisotopic (exact) mass is 631 g/mol. The number of hydrogen-bond donors (Lipinski definition) is 1. The van der Waals surface area contributed by atoms with E-state index in [1.807, 2.05) is 37.3 Å². The van der Waals surface area contributed by atoms with Gasteiger partial charge in [-0.25, -0.2) is 14.8 Å². The number of unbranched alkanes of at least 4 members (excludes halogenated alkanes) is 2. The van der Waals surface area contributed by atoms with Gasteiger partial charge in [0.15, 0.2) is 5.82 Å². The predicted molar refractivity (Wildman–Crippen MR) is 167 cm³/mol. The van der Waals surface area contributed by atoms with Gasteiger partial charge in [-0.15, -0.1) is 0 Å². The molecule has 1 fully saturated rings. The van der Waals surface area contributed by atoms with E-state index in [-0.39, 0.29) is 51.2 Å². The van der Waals surface area contributed by atoms with Gasteiger partial charge < -0.3 is 28.9 Å². The quantitative estimate of drug-likeness (QED) is 0.202. The van der Waals surface area contributed by atoms with Crippen LogP contribution in [0.5, 0.6) is 0 Å². The van der Waals surface area contributed by atoms with E-state index in [2.05, 4.69) is 22.2 Å². The molecule has 0 saturated carbocycles. The van der Waals surface area contributed by atoms with Gasteiger partial charge in [-0.1, -0.05) is 57.0 Å². The molecule has 12 nitrogen and oxygen atoms in total. The summed E-state index contributed by atoms with van der Waals surface area (Å²) in [6, 6.07) is 9.78. The average molecular weight is 632 g/mol. The van der Waals surface area contributed by atoms with Gasteiger partial charge in [-0.2, -0.15) is 0 Å². The van der Waals surface area contributed by atoms with Crippen molar-refractivity contribution in [1.82, 2.24) is 25.1 Å². The van der Waals surface area contributed by atoms with Crippen molar-refractivity contribution < 1.29 is 32.7 Å². The van der Waals surface area contributed by atoms with E-state index in [0.29, 0.717) is 24.5 Å². The Morgan fingerprint density at radius 3 is 2.16 bits per heavy atom. The number of ether oxygens (including phenoxy) is 1. The fraction of sp³-hybridized carbons (Fsp3) is 0.581. The molecule has 1 unspecified atom stereocenters. The second-order valence-corrected chi connectivity index (χ2v) is 12.6. The molecule has 1 atom stereocenters. The van der Waals surface area contributed by atoms with E-state index in [9.17, 15) is 18.9 Å². The van der Waals surface area contributed by atoms with Crippen LogP contribution >= 0.6 is 7.60 Å². The maximum Gasteiger partial charge on any atom is 0.409 e. The third-order valence-corrected chi connectivity index (χ3v) is 9.18. The van der Waals surface area contributed by atoms with Crippen LogP contribution in [0.25, 0.3) is 11.4 Å². The van der Waals surface area contributed by atoms with Crippen LogP contribution in [-0.2, 0) is 29.6 Å². The van der Waals surface area contributed by atoms with Gasteiger partial charge in [0.25, 0.3) is 5.91 Å². The van der Waals surface area contributed by atoms with Crippen molar-refractivity contribution in [2.75, 3.05) is 52.2 Å². The first-order valence-corrected chi connectivity index (χ1v) is 17.3. The van der Waals surface area contributed by atoms with Gasteiger partial charge in [0.05, 0.1) is 26.0 Å². The molecule has 0 spiro atoms. The van der Waals surface area contributed by atoms with Crippen LogP contribution in [0.4, 0.5) is 4.79 Å². The summed E-state index contributed by atoms with van der Waals surface area (Å²) in [4.78, 5) is 52.3. The number of hydrogen-bond acceptors (Lipinski definition) is 9. The Morgan fingerprint density at radius 2 is 1.55 bits per heavy atom. The van der Waals surface area contributed by atoms with Crippen LogP contribution in [0.15, 0.2) is 36.4 Å². The van der Waals surface area contributed by atoms with E-state index in [1.54, 1.807) is 29.7 Å². The number of nitrogens with zero attached hydrogens (tertiary/aromatic N) is 4. The zero-order valence-electron chi connectivity index (χ0n) is 26.3. The SMILES string of the molecule is CCCCOC(=O)N1CCN(C(=O)C(CP(=O)(OCC)OCC)NC(=O)c2cc(CCCC)nc(-c3ccccc3)n2)CC1. The summed E-state index contributed by atoms with van der Waals surface area (Å²) in [7, 11) is -3.73. The van der Waals surface area contributed by atoms with Crippen LogP contribution < -0.4 is 5.32 Å². The molecular formula is C31H46N5O7P. The molecule has 3 amide bonds. The van der Waals surface area contributed by atoms with E-state index in [4.69, 9.17) is 13.8 Å². The molecule has 13 heteroatoms. The molecule has 44 heavy (non-hydrogen) atoms. The summed E-state index contributed by atoms with van der Waals surface area (Å²) >= 11 is 0. The largest absolute Gasteiger partial charge is 0.449 e. The fourth-order valence-electron chi connectivity index (χ4n) is 4.72. The summed E-state index contributed by atoms with van der Waals surface area (Å²) in [6.45, 7) is 9.04. The van der Waals surface area contributed by atoms with E-state index in [1.165, 1.54) is 0 Å². The fourth-order valence-corrected chi connectivity index (χ4v) is 6.49. The number of rotatable bonds is 16. The van der Waals surface area contributed by atoms with Gasteiger partial charge in [-0.05, 0) is 39.2 Å². The summed E-state index contributed by atoms with van der Waals surface area (Å²) in [5.74, 6) is -0.637. The smallest absolute Gasteiger partial charge is 0.409 e. The lowest BCUT2D eigenvalue weighted by Gasteiger charge is -2.36. The number of benzene rings is 1. The van der Waals surface area contributed by atoms with Gasteiger partial charge in [-0.3, -0.25) is 14.2 Å². The number of carbonyl (C=O) groups is 3. The molecule has 1 aliphatic rings. The first kappa shape index (κ1) is 35.1. The number of nitrogens with one attached hydrogen (secondary N) is 1. The third-order valence-electron chi connectivity index (χ3n) is 7.06. The highest BCUT2D eigenvalue weighted by atomic mass is 31.2. The number of aryl methyl sites for hydroxylation is 1.